The van der Waals surface area contributed by atoms with Crippen molar-refractivity contribution in [2.24, 2.45) is 5.92 Å². The summed E-state index contributed by atoms with van der Waals surface area (Å²) in [6.07, 6.45) is 9.23. The third-order valence-corrected chi connectivity index (χ3v) is 6.42. The fraction of sp³-hybridized carbons (Fsp3) is 0.308. The summed E-state index contributed by atoms with van der Waals surface area (Å²) < 4.78 is 0. The first-order valence-corrected chi connectivity index (χ1v) is 11.0. The van der Waals surface area contributed by atoms with Crippen molar-refractivity contribution in [2.75, 3.05) is 0 Å². The van der Waals surface area contributed by atoms with Gasteiger partial charge in [-0.15, -0.1) is 0 Å². The summed E-state index contributed by atoms with van der Waals surface area (Å²) in [5, 5.41) is 5.44. The van der Waals surface area contributed by atoms with Gasteiger partial charge >= 0.3 is 0 Å². The van der Waals surface area contributed by atoms with E-state index in [9.17, 15) is 4.79 Å². The molecule has 2 aromatic carbocycles. The van der Waals surface area contributed by atoms with Crippen molar-refractivity contribution in [3.63, 3.8) is 0 Å². The van der Waals surface area contributed by atoms with Gasteiger partial charge in [-0.1, -0.05) is 80.6 Å². The Labute approximate surface area is 176 Å². The van der Waals surface area contributed by atoms with Gasteiger partial charge < -0.3 is 10.3 Å². The third kappa shape index (κ3) is 3.82. The lowest BCUT2D eigenvalue weighted by molar-refractivity contribution is 0.0923. The van der Waals surface area contributed by atoms with Crippen molar-refractivity contribution in [3.8, 4) is 0 Å². The van der Waals surface area contributed by atoms with Crippen LogP contribution >= 0.6 is 0 Å². The molecular weight excluding hydrogens is 370 g/mol. The van der Waals surface area contributed by atoms with Gasteiger partial charge in [0.1, 0.15) is 5.69 Å². The molecule has 0 saturated heterocycles. The smallest absolute Gasteiger partial charge is 0.270 e. The summed E-state index contributed by atoms with van der Waals surface area (Å²) >= 11 is 0. The van der Waals surface area contributed by atoms with E-state index in [0.717, 1.165) is 28.2 Å². The number of nitrogens with one attached hydrogen (secondary N) is 2. The highest BCUT2D eigenvalue weighted by atomic mass is 16.1. The van der Waals surface area contributed by atoms with Crippen LogP contribution in [0.1, 0.15) is 60.6 Å². The molecule has 1 saturated carbocycles. The van der Waals surface area contributed by atoms with Crippen LogP contribution in [0.25, 0.3) is 21.8 Å². The SMILES string of the molecule is O=C(NC(CC1CCCCC1)c1ccccc1)c1cc2c(cn1)[nH]c1ccccc12. The van der Waals surface area contributed by atoms with Crippen molar-refractivity contribution >= 4 is 27.7 Å². The zero-order valence-electron chi connectivity index (χ0n) is 17.1. The Morgan fingerprint density at radius 3 is 2.57 bits per heavy atom. The third-order valence-electron chi connectivity index (χ3n) is 6.42. The fourth-order valence-electron chi connectivity index (χ4n) is 4.83. The Kier molecular flexibility index (Phi) is 5.22. The maximum absolute atomic E-state index is 13.2. The molecule has 0 bridgehead atoms. The number of hydrogen-bond acceptors (Lipinski definition) is 2. The Morgan fingerprint density at radius 2 is 1.73 bits per heavy atom. The van der Waals surface area contributed by atoms with Crippen LogP contribution in [0.4, 0.5) is 0 Å². The number of amides is 1. The van der Waals surface area contributed by atoms with Crippen LogP contribution < -0.4 is 5.32 Å². The lowest BCUT2D eigenvalue weighted by Crippen LogP contribution is -2.31. The monoisotopic (exact) mass is 397 g/mol. The number of nitrogens with zero attached hydrogens (tertiary/aromatic N) is 1. The van der Waals surface area contributed by atoms with E-state index in [-0.39, 0.29) is 11.9 Å². The predicted octanol–water partition coefficient (Wildman–Crippen LogP) is 6.16. The maximum Gasteiger partial charge on any atom is 0.270 e. The molecule has 1 fully saturated rings. The van der Waals surface area contributed by atoms with E-state index in [1.807, 2.05) is 42.5 Å². The van der Waals surface area contributed by atoms with Crippen molar-refractivity contribution < 1.29 is 4.79 Å². The summed E-state index contributed by atoms with van der Waals surface area (Å²) in [4.78, 5) is 21.0. The van der Waals surface area contributed by atoms with Crippen LogP contribution in [0, 0.1) is 5.92 Å². The van der Waals surface area contributed by atoms with E-state index in [2.05, 4.69) is 33.5 Å². The van der Waals surface area contributed by atoms with E-state index in [0.29, 0.717) is 11.6 Å². The number of benzene rings is 2. The largest absolute Gasteiger partial charge is 0.353 e. The Bertz CT molecular complexity index is 1160. The Balaban J connectivity index is 1.42. The normalized spacial score (nSPS) is 16.0. The first-order valence-electron chi connectivity index (χ1n) is 11.0. The van der Waals surface area contributed by atoms with E-state index >= 15 is 0 Å². The van der Waals surface area contributed by atoms with Crippen LogP contribution in [0.5, 0.6) is 0 Å². The van der Waals surface area contributed by atoms with Gasteiger partial charge in [-0.05, 0) is 30.0 Å². The molecule has 1 aliphatic carbocycles. The maximum atomic E-state index is 13.2. The minimum atomic E-state index is -0.105. The van der Waals surface area contributed by atoms with Crippen LogP contribution in [0.3, 0.4) is 0 Å². The Morgan fingerprint density at radius 1 is 0.967 bits per heavy atom. The summed E-state index contributed by atoms with van der Waals surface area (Å²) in [7, 11) is 0. The molecule has 0 spiro atoms. The number of H-pyrrole nitrogens is 1. The minimum absolute atomic E-state index is 0.0160. The number of carbonyl (C=O) groups excluding carboxylic acids is 1. The molecule has 1 amide bonds. The molecule has 1 aliphatic rings. The molecule has 152 valence electrons. The van der Waals surface area contributed by atoms with Gasteiger partial charge in [-0.25, -0.2) is 4.98 Å². The zero-order valence-corrected chi connectivity index (χ0v) is 17.1. The highest BCUT2D eigenvalue weighted by molar-refractivity contribution is 6.09. The zero-order chi connectivity index (χ0) is 20.3. The van der Waals surface area contributed by atoms with Gasteiger partial charge in [0.25, 0.3) is 5.91 Å². The summed E-state index contributed by atoms with van der Waals surface area (Å²) in [5.74, 6) is 0.570. The molecule has 5 rings (SSSR count). The second kappa shape index (κ2) is 8.31. The average molecular weight is 398 g/mol. The molecule has 2 heterocycles. The highest BCUT2D eigenvalue weighted by Gasteiger charge is 2.23. The molecule has 2 aromatic heterocycles. The number of para-hydroxylation sites is 1. The molecule has 30 heavy (non-hydrogen) atoms. The van der Waals surface area contributed by atoms with Crippen LogP contribution in [-0.2, 0) is 0 Å². The van der Waals surface area contributed by atoms with Gasteiger partial charge in [-0.2, -0.15) is 0 Å². The van der Waals surface area contributed by atoms with Crippen molar-refractivity contribution in [3.05, 3.63) is 78.1 Å². The number of carbonyl (C=O) groups is 1. The minimum Gasteiger partial charge on any atom is -0.353 e. The van der Waals surface area contributed by atoms with Crippen molar-refractivity contribution in [2.45, 2.75) is 44.6 Å². The number of hydrogen-bond donors (Lipinski definition) is 2. The van der Waals surface area contributed by atoms with Crippen LogP contribution in [0.2, 0.25) is 0 Å². The highest BCUT2D eigenvalue weighted by Crippen LogP contribution is 2.32. The van der Waals surface area contributed by atoms with Crippen molar-refractivity contribution in [1.82, 2.24) is 15.3 Å². The fourth-order valence-corrected chi connectivity index (χ4v) is 4.83. The first-order chi connectivity index (χ1) is 14.8. The molecule has 4 aromatic rings. The van der Waals surface area contributed by atoms with E-state index in [1.54, 1.807) is 6.20 Å². The summed E-state index contributed by atoms with van der Waals surface area (Å²) in [6, 6.07) is 20.4. The molecular formula is C26H27N3O. The second-order valence-corrected chi connectivity index (χ2v) is 8.46. The molecule has 4 heteroatoms. The molecule has 0 aliphatic heterocycles. The second-order valence-electron chi connectivity index (χ2n) is 8.46. The summed E-state index contributed by atoms with van der Waals surface area (Å²) in [6.45, 7) is 0. The quantitative estimate of drug-likeness (QED) is 0.424. The first kappa shape index (κ1) is 18.9. The Hall–Kier alpha value is -3.14. The average Bonchev–Trinajstić information content (AvgIpc) is 3.18. The number of rotatable bonds is 5. The van der Waals surface area contributed by atoms with Gasteiger partial charge in [0, 0.05) is 16.3 Å². The van der Waals surface area contributed by atoms with Gasteiger partial charge in [0.05, 0.1) is 17.8 Å². The van der Waals surface area contributed by atoms with Crippen LogP contribution in [-0.4, -0.2) is 15.9 Å². The van der Waals surface area contributed by atoms with E-state index in [1.165, 1.54) is 37.7 Å². The van der Waals surface area contributed by atoms with Crippen LogP contribution in [0.15, 0.2) is 66.9 Å². The topological polar surface area (TPSA) is 57.8 Å². The van der Waals surface area contributed by atoms with Gasteiger partial charge in [-0.3, -0.25) is 4.79 Å². The molecule has 2 N–H and O–H groups in total. The van der Waals surface area contributed by atoms with Gasteiger partial charge in [0.2, 0.25) is 0 Å². The molecule has 1 atom stereocenters. The lowest BCUT2D eigenvalue weighted by Gasteiger charge is -2.27. The standard InChI is InChI=1S/C26H27N3O/c30-26(24-16-21-20-13-7-8-14-22(20)28-25(21)17-27-24)29-23(19-11-5-2-6-12-19)15-18-9-3-1-4-10-18/h2,5-8,11-14,16-18,23,28H,1,3-4,9-10,15H2,(H,29,30). The number of fused-ring (bicyclic) bond motifs is 3. The van der Waals surface area contributed by atoms with E-state index < -0.39 is 0 Å². The van der Waals surface area contributed by atoms with Gasteiger partial charge in [0.15, 0.2) is 0 Å². The number of aromatic nitrogens is 2. The van der Waals surface area contributed by atoms with E-state index in [4.69, 9.17) is 0 Å². The summed E-state index contributed by atoms with van der Waals surface area (Å²) in [5.41, 5.74) is 3.65. The molecule has 0 radical (unpaired) electrons. The van der Waals surface area contributed by atoms with Crippen molar-refractivity contribution in [1.29, 1.82) is 0 Å². The molecule has 4 nitrogen and oxygen atoms in total. The molecule has 1 unspecified atom stereocenters. The lowest BCUT2D eigenvalue weighted by atomic mass is 9.83. The predicted molar refractivity (Wildman–Crippen MR) is 121 cm³/mol. The number of aromatic amines is 1. The number of pyridine rings is 1.